The number of hydrogen-bond donors (Lipinski definition) is 1. The first-order valence-corrected chi connectivity index (χ1v) is 3.65. The first-order chi connectivity index (χ1) is 4.66. The second-order valence-electron chi connectivity index (χ2n) is 2.88. The van der Waals surface area contributed by atoms with Gasteiger partial charge in [-0.3, -0.25) is 5.84 Å². The largest absolute Gasteiger partial charge is 0.383 e. The molecule has 0 rings (SSSR count). The molecule has 0 saturated heterocycles. The summed E-state index contributed by atoms with van der Waals surface area (Å²) in [5.74, 6) is 6.24. The maximum absolute atomic E-state index is 5.61. The number of ether oxygens (including phenoxy) is 1. The smallest absolute Gasteiger partial charge is 0.0603 e. The zero-order valence-electron chi connectivity index (χ0n) is 7.13. The van der Waals surface area contributed by atoms with Crippen molar-refractivity contribution in [1.29, 1.82) is 0 Å². The number of rotatable bonds is 5. The molecule has 0 aliphatic rings. The second-order valence-corrected chi connectivity index (χ2v) is 2.88. The van der Waals surface area contributed by atoms with Crippen molar-refractivity contribution in [2.45, 2.75) is 13.8 Å². The lowest BCUT2D eigenvalue weighted by Crippen LogP contribution is -2.36. The Morgan fingerprint density at radius 3 is 2.50 bits per heavy atom. The molecule has 0 aromatic rings. The van der Waals surface area contributed by atoms with Gasteiger partial charge in [0.25, 0.3) is 0 Å². The predicted octanol–water partition coefficient (Wildman–Crippen LogP) is 0.464. The van der Waals surface area contributed by atoms with E-state index in [2.05, 4.69) is 13.8 Å². The Labute approximate surface area is 63.1 Å². The Morgan fingerprint density at radius 2 is 2.10 bits per heavy atom. The minimum Gasteiger partial charge on any atom is -0.383 e. The van der Waals surface area contributed by atoms with Gasteiger partial charge in [0, 0.05) is 20.2 Å². The standard InChI is InChI=1S/C7H18N2O/c1-7(2)6-9(8)4-5-10-3/h7H,4-6,8H2,1-3H3. The highest BCUT2D eigenvalue weighted by Crippen LogP contribution is 1.92. The quantitative estimate of drug-likeness (QED) is 0.452. The average molecular weight is 146 g/mol. The van der Waals surface area contributed by atoms with Crippen molar-refractivity contribution in [3.8, 4) is 0 Å². The molecule has 0 bridgehead atoms. The number of nitrogens with two attached hydrogens (primary N) is 1. The molecule has 0 aliphatic heterocycles. The fraction of sp³-hybridized carbons (Fsp3) is 1.00. The van der Waals surface area contributed by atoms with Crippen LogP contribution in [0.3, 0.4) is 0 Å². The molecular formula is C7H18N2O. The fourth-order valence-electron chi connectivity index (χ4n) is 0.769. The van der Waals surface area contributed by atoms with Crippen LogP contribution in [0, 0.1) is 5.92 Å². The summed E-state index contributed by atoms with van der Waals surface area (Å²) in [6, 6.07) is 0. The van der Waals surface area contributed by atoms with Gasteiger partial charge in [-0.2, -0.15) is 0 Å². The van der Waals surface area contributed by atoms with Gasteiger partial charge in [-0.25, -0.2) is 5.01 Å². The molecule has 0 heterocycles. The molecular weight excluding hydrogens is 128 g/mol. The summed E-state index contributed by atoms with van der Waals surface area (Å²) in [5.41, 5.74) is 0. The molecule has 0 unspecified atom stereocenters. The summed E-state index contributed by atoms with van der Waals surface area (Å²) >= 11 is 0. The zero-order chi connectivity index (χ0) is 7.98. The molecule has 2 N–H and O–H groups in total. The van der Waals surface area contributed by atoms with Crippen LogP contribution in [0.25, 0.3) is 0 Å². The van der Waals surface area contributed by atoms with E-state index in [0.717, 1.165) is 13.1 Å². The van der Waals surface area contributed by atoms with Crippen molar-refractivity contribution in [1.82, 2.24) is 5.01 Å². The summed E-state index contributed by atoms with van der Waals surface area (Å²) < 4.78 is 4.87. The average Bonchev–Trinajstić information content (AvgIpc) is 1.82. The molecule has 0 aromatic heterocycles. The van der Waals surface area contributed by atoms with Gasteiger partial charge in [0.15, 0.2) is 0 Å². The van der Waals surface area contributed by atoms with Crippen LogP contribution in [-0.4, -0.2) is 31.8 Å². The second kappa shape index (κ2) is 5.65. The summed E-state index contributed by atoms with van der Waals surface area (Å²) in [7, 11) is 1.68. The molecule has 0 amide bonds. The maximum atomic E-state index is 5.61. The van der Waals surface area contributed by atoms with E-state index in [4.69, 9.17) is 10.6 Å². The van der Waals surface area contributed by atoms with Crippen LogP contribution in [0.2, 0.25) is 0 Å². The van der Waals surface area contributed by atoms with Gasteiger partial charge < -0.3 is 4.74 Å². The molecule has 62 valence electrons. The van der Waals surface area contributed by atoms with Gasteiger partial charge in [-0.15, -0.1) is 0 Å². The molecule has 0 atom stereocenters. The third-order valence-electron chi connectivity index (χ3n) is 1.18. The van der Waals surface area contributed by atoms with E-state index in [1.165, 1.54) is 0 Å². The lowest BCUT2D eigenvalue weighted by Gasteiger charge is -2.17. The Balaban J connectivity index is 3.16. The van der Waals surface area contributed by atoms with Gasteiger partial charge in [-0.1, -0.05) is 13.8 Å². The van der Waals surface area contributed by atoms with Crippen LogP contribution in [0.5, 0.6) is 0 Å². The summed E-state index contributed by atoms with van der Waals surface area (Å²) in [6.45, 7) is 6.75. The third-order valence-corrected chi connectivity index (χ3v) is 1.18. The zero-order valence-corrected chi connectivity index (χ0v) is 7.13. The lowest BCUT2D eigenvalue weighted by atomic mass is 10.2. The Hall–Kier alpha value is -0.120. The van der Waals surface area contributed by atoms with Gasteiger partial charge in [0.05, 0.1) is 6.61 Å². The van der Waals surface area contributed by atoms with Crippen LogP contribution < -0.4 is 5.84 Å². The van der Waals surface area contributed by atoms with Crippen LogP contribution >= 0.6 is 0 Å². The number of nitrogens with zero attached hydrogens (tertiary/aromatic N) is 1. The van der Waals surface area contributed by atoms with Crippen molar-refractivity contribution in [3.05, 3.63) is 0 Å². The van der Waals surface area contributed by atoms with E-state index < -0.39 is 0 Å². The van der Waals surface area contributed by atoms with Crippen LogP contribution in [0.1, 0.15) is 13.8 Å². The Bertz CT molecular complexity index is 76.0. The van der Waals surface area contributed by atoms with E-state index in [1.807, 2.05) is 0 Å². The van der Waals surface area contributed by atoms with Crippen molar-refractivity contribution in [2.24, 2.45) is 11.8 Å². The predicted molar refractivity (Wildman–Crippen MR) is 42.5 cm³/mol. The van der Waals surface area contributed by atoms with Crippen LogP contribution in [-0.2, 0) is 4.74 Å². The lowest BCUT2D eigenvalue weighted by molar-refractivity contribution is 0.141. The van der Waals surface area contributed by atoms with Crippen molar-refractivity contribution >= 4 is 0 Å². The normalized spacial score (nSPS) is 11.4. The Morgan fingerprint density at radius 1 is 1.50 bits per heavy atom. The van der Waals surface area contributed by atoms with Crippen LogP contribution in [0.15, 0.2) is 0 Å². The minimum atomic E-state index is 0.627. The first-order valence-electron chi connectivity index (χ1n) is 3.65. The SMILES string of the molecule is COCCN(N)CC(C)C. The monoisotopic (exact) mass is 146 g/mol. The fourth-order valence-corrected chi connectivity index (χ4v) is 0.769. The van der Waals surface area contributed by atoms with E-state index >= 15 is 0 Å². The summed E-state index contributed by atoms with van der Waals surface area (Å²) in [5, 5.41) is 1.79. The summed E-state index contributed by atoms with van der Waals surface area (Å²) in [6.07, 6.45) is 0. The van der Waals surface area contributed by atoms with E-state index in [1.54, 1.807) is 12.1 Å². The number of hydrogen-bond acceptors (Lipinski definition) is 3. The summed E-state index contributed by atoms with van der Waals surface area (Å²) in [4.78, 5) is 0. The van der Waals surface area contributed by atoms with E-state index in [-0.39, 0.29) is 0 Å². The molecule has 0 fully saturated rings. The van der Waals surface area contributed by atoms with Gasteiger partial charge in [0.1, 0.15) is 0 Å². The number of hydrazine groups is 1. The van der Waals surface area contributed by atoms with Crippen molar-refractivity contribution in [3.63, 3.8) is 0 Å². The topological polar surface area (TPSA) is 38.5 Å². The van der Waals surface area contributed by atoms with E-state index in [0.29, 0.717) is 12.5 Å². The third kappa shape index (κ3) is 6.01. The molecule has 0 spiro atoms. The molecule has 0 aromatic carbocycles. The molecule has 3 nitrogen and oxygen atoms in total. The first kappa shape index (κ1) is 9.88. The van der Waals surface area contributed by atoms with Crippen LogP contribution in [0.4, 0.5) is 0 Å². The molecule has 3 heteroatoms. The van der Waals surface area contributed by atoms with Crippen molar-refractivity contribution in [2.75, 3.05) is 26.8 Å². The minimum absolute atomic E-state index is 0.627. The van der Waals surface area contributed by atoms with Gasteiger partial charge in [-0.05, 0) is 5.92 Å². The highest BCUT2D eigenvalue weighted by atomic mass is 16.5. The highest BCUT2D eigenvalue weighted by molar-refractivity contribution is 4.50. The van der Waals surface area contributed by atoms with E-state index in [9.17, 15) is 0 Å². The molecule has 0 radical (unpaired) electrons. The number of methoxy groups -OCH3 is 1. The molecule has 10 heavy (non-hydrogen) atoms. The van der Waals surface area contributed by atoms with Gasteiger partial charge in [0.2, 0.25) is 0 Å². The van der Waals surface area contributed by atoms with Crippen molar-refractivity contribution < 1.29 is 4.74 Å². The Kier molecular flexibility index (Phi) is 5.58. The highest BCUT2D eigenvalue weighted by Gasteiger charge is 1.99. The molecule has 0 saturated carbocycles. The maximum Gasteiger partial charge on any atom is 0.0603 e. The van der Waals surface area contributed by atoms with Gasteiger partial charge >= 0.3 is 0 Å². The molecule has 0 aliphatic carbocycles.